The zero-order valence-electron chi connectivity index (χ0n) is 10.1. The predicted molar refractivity (Wildman–Crippen MR) is 73.1 cm³/mol. The number of nitrogens with zero attached hydrogens (tertiary/aromatic N) is 2. The van der Waals surface area contributed by atoms with Crippen molar-refractivity contribution >= 4 is 27.2 Å². The average molecular weight is 298 g/mol. The number of aromatic amines is 1. The minimum Gasteiger partial charge on any atom is -0.383 e. The molecule has 0 amide bonds. The molecule has 1 saturated carbocycles. The monoisotopic (exact) mass is 298 g/mol. The second-order valence-corrected chi connectivity index (χ2v) is 7.40. The number of nitrogens with two attached hydrogens (primary N) is 1. The van der Waals surface area contributed by atoms with E-state index in [9.17, 15) is 8.42 Å². The van der Waals surface area contributed by atoms with Crippen LogP contribution in [0.5, 0.6) is 0 Å². The molecule has 3 N–H and O–H groups in total. The maximum Gasteiger partial charge on any atom is 0.248 e. The average Bonchev–Trinajstić information content (AvgIpc) is 2.88. The molecule has 8 heteroatoms. The first-order valence-electron chi connectivity index (χ1n) is 5.92. The highest BCUT2D eigenvalue weighted by molar-refractivity contribution is 7.89. The number of rotatable bonds is 5. The highest BCUT2D eigenvalue weighted by Crippen LogP contribution is 2.35. The number of aromatic nitrogens is 2. The van der Waals surface area contributed by atoms with Crippen LogP contribution in [-0.2, 0) is 16.6 Å². The number of nitrogen functional groups attached to an aromatic ring is 1. The van der Waals surface area contributed by atoms with E-state index in [4.69, 9.17) is 5.73 Å². The molecule has 0 bridgehead atoms. The summed E-state index contributed by atoms with van der Waals surface area (Å²) in [4.78, 5) is 1.09. The Balaban J connectivity index is 1.94. The van der Waals surface area contributed by atoms with Crippen molar-refractivity contribution in [2.24, 2.45) is 0 Å². The van der Waals surface area contributed by atoms with Crippen LogP contribution in [0.4, 0.5) is 5.82 Å². The van der Waals surface area contributed by atoms with Crippen molar-refractivity contribution in [3.8, 4) is 0 Å². The van der Waals surface area contributed by atoms with Gasteiger partial charge in [-0.2, -0.15) is 9.40 Å². The zero-order chi connectivity index (χ0) is 13.5. The summed E-state index contributed by atoms with van der Waals surface area (Å²) in [5.74, 6) is 0.0943. The summed E-state index contributed by atoms with van der Waals surface area (Å²) in [6, 6.07) is 3.94. The third kappa shape index (κ3) is 2.38. The number of thiophene rings is 1. The topological polar surface area (TPSA) is 92.1 Å². The van der Waals surface area contributed by atoms with Gasteiger partial charge in [-0.05, 0) is 24.3 Å². The van der Waals surface area contributed by atoms with Gasteiger partial charge >= 0.3 is 0 Å². The van der Waals surface area contributed by atoms with Gasteiger partial charge in [0.25, 0.3) is 0 Å². The predicted octanol–water partition coefficient (Wildman–Crippen LogP) is 1.41. The fourth-order valence-corrected chi connectivity index (χ4v) is 4.40. The molecule has 0 aliphatic heterocycles. The summed E-state index contributed by atoms with van der Waals surface area (Å²) in [5.41, 5.74) is 5.64. The van der Waals surface area contributed by atoms with Gasteiger partial charge < -0.3 is 5.73 Å². The number of H-pyrrole nitrogens is 1. The van der Waals surface area contributed by atoms with Crippen molar-refractivity contribution in [2.75, 3.05) is 5.73 Å². The Labute approximate surface area is 115 Å². The van der Waals surface area contributed by atoms with E-state index in [-0.39, 0.29) is 16.8 Å². The second kappa shape index (κ2) is 4.62. The molecule has 1 fully saturated rings. The minimum atomic E-state index is -3.58. The lowest BCUT2D eigenvalue weighted by Gasteiger charge is -2.20. The van der Waals surface area contributed by atoms with Gasteiger partial charge in [0.15, 0.2) is 0 Å². The summed E-state index contributed by atoms with van der Waals surface area (Å²) in [6.45, 7) is 0.398. The molecule has 0 spiro atoms. The van der Waals surface area contributed by atoms with E-state index in [0.29, 0.717) is 6.54 Å². The highest BCUT2D eigenvalue weighted by Gasteiger charge is 2.39. The van der Waals surface area contributed by atoms with Crippen LogP contribution in [-0.4, -0.2) is 29.0 Å². The largest absolute Gasteiger partial charge is 0.383 e. The molecule has 0 saturated heterocycles. The van der Waals surface area contributed by atoms with Crippen LogP contribution in [0.1, 0.15) is 17.7 Å². The van der Waals surface area contributed by atoms with Gasteiger partial charge in [0.1, 0.15) is 10.7 Å². The fourth-order valence-electron chi connectivity index (χ4n) is 1.95. The first-order valence-corrected chi connectivity index (χ1v) is 8.24. The molecule has 3 rings (SSSR count). The fraction of sp³-hybridized carbons (Fsp3) is 0.364. The first-order chi connectivity index (χ1) is 9.09. The summed E-state index contributed by atoms with van der Waals surface area (Å²) < 4.78 is 26.8. The maximum absolute atomic E-state index is 12.6. The van der Waals surface area contributed by atoms with E-state index in [1.54, 1.807) is 11.3 Å². The van der Waals surface area contributed by atoms with Gasteiger partial charge in [-0.3, -0.25) is 5.10 Å². The number of hydrogen-bond acceptors (Lipinski definition) is 5. The summed E-state index contributed by atoms with van der Waals surface area (Å²) >= 11 is 1.55. The maximum atomic E-state index is 12.6. The molecule has 0 unspecified atom stereocenters. The van der Waals surface area contributed by atoms with E-state index < -0.39 is 10.0 Å². The lowest BCUT2D eigenvalue weighted by Crippen LogP contribution is -2.32. The van der Waals surface area contributed by atoms with Crippen molar-refractivity contribution in [1.29, 1.82) is 0 Å². The van der Waals surface area contributed by atoms with Gasteiger partial charge in [-0.1, -0.05) is 6.07 Å². The van der Waals surface area contributed by atoms with Crippen LogP contribution in [0.15, 0.2) is 28.6 Å². The lowest BCUT2D eigenvalue weighted by molar-refractivity contribution is 0.402. The SMILES string of the molecule is Nc1[nH]ncc1S(=O)(=O)N(Cc1cccs1)C1CC1. The molecule has 2 aromatic rings. The molecule has 0 atom stereocenters. The number of sulfonamides is 1. The molecule has 2 heterocycles. The first kappa shape index (κ1) is 12.6. The third-order valence-electron chi connectivity index (χ3n) is 3.06. The second-order valence-electron chi connectivity index (χ2n) is 4.51. The van der Waals surface area contributed by atoms with Gasteiger partial charge in [0, 0.05) is 17.5 Å². The Kier molecular flexibility index (Phi) is 3.08. The van der Waals surface area contributed by atoms with Crippen LogP contribution in [0, 0.1) is 0 Å². The van der Waals surface area contributed by atoms with Crippen molar-refractivity contribution in [3.05, 3.63) is 28.6 Å². The summed E-state index contributed by atoms with van der Waals surface area (Å²) in [6.07, 6.45) is 3.08. The Bertz CT molecular complexity index is 659. The summed E-state index contributed by atoms with van der Waals surface area (Å²) in [5, 5.41) is 8.11. The Hall–Kier alpha value is -1.38. The molecule has 0 radical (unpaired) electrons. The quantitative estimate of drug-likeness (QED) is 0.873. The van der Waals surface area contributed by atoms with Crippen LogP contribution in [0.2, 0.25) is 0 Å². The van der Waals surface area contributed by atoms with E-state index in [1.165, 1.54) is 10.5 Å². The normalized spacial score (nSPS) is 16.1. The number of hydrogen-bond donors (Lipinski definition) is 2. The highest BCUT2D eigenvalue weighted by atomic mass is 32.2. The minimum absolute atomic E-state index is 0.0657. The molecule has 6 nitrogen and oxygen atoms in total. The van der Waals surface area contributed by atoms with Gasteiger partial charge in [-0.15, -0.1) is 11.3 Å². The molecule has 102 valence electrons. The van der Waals surface area contributed by atoms with Crippen LogP contribution in [0.3, 0.4) is 0 Å². The van der Waals surface area contributed by atoms with E-state index >= 15 is 0 Å². The number of anilines is 1. The zero-order valence-corrected chi connectivity index (χ0v) is 11.7. The van der Waals surface area contributed by atoms with Gasteiger partial charge in [0.05, 0.1) is 6.20 Å². The molecule has 1 aliphatic carbocycles. The van der Waals surface area contributed by atoms with Crippen molar-refractivity contribution in [3.63, 3.8) is 0 Å². The Morgan fingerprint density at radius 1 is 1.53 bits per heavy atom. The Morgan fingerprint density at radius 2 is 2.32 bits per heavy atom. The van der Waals surface area contributed by atoms with Crippen molar-refractivity contribution in [2.45, 2.75) is 30.3 Å². The molecule has 1 aliphatic rings. The van der Waals surface area contributed by atoms with Crippen LogP contribution in [0.25, 0.3) is 0 Å². The van der Waals surface area contributed by atoms with E-state index in [0.717, 1.165) is 17.7 Å². The molecule has 0 aromatic carbocycles. The molecular weight excluding hydrogens is 284 g/mol. The van der Waals surface area contributed by atoms with Gasteiger partial charge in [0.2, 0.25) is 10.0 Å². The lowest BCUT2D eigenvalue weighted by atomic mass is 10.4. The van der Waals surface area contributed by atoms with E-state index in [1.807, 2.05) is 17.5 Å². The Morgan fingerprint density at radius 3 is 2.84 bits per heavy atom. The number of nitrogens with one attached hydrogen (secondary N) is 1. The molecular formula is C11H14N4O2S2. The van der Waals surface area contributed by atoms with Crippen molar-refractivity contribution in [1.82, 2.24) is 14.5 Å². The molecule has 2 aromatic heterocycles. The summed E-state index contributed by atoms with van der Waals surface area (Å²) in [7, 11) is -3.58. The van der Waals surface area contributed by atoms with Crippen molar-refractivity contribution < 1.29 is 8.42 Å². The standard InChI is InChI=1S/C11H14N4O2S2/c12-11-10(6-13-14-11)19(16,17)15(8-3-4-8)7-9-2-1-5-18-9/h1-2,5-6,8H,3-4,7H2,(H3,12,13,14). The van der Waals surface area contributed by atoms with Gasteiger partial charge in [-0.25, -0.2) is 8.42 Å². The smallest absolute Gasteiger partial charge is 0.248 e. The molecule has 19 heavy (non-hydrogen) atoms. The van der Waals surface area contributed by atoms with Crippen LogP contribution < -0.4 is 5.73 Å². The van der Waals surface area contributed by atoms with E-state index in [2.05, 4.69) is 10.2 Å². The third-order valence-corrected chi connectivity index (χ3v) is 5.85. The van der Waals surface area contributed by atoms with Crippen LogP contribution >= 0.6 is 11.3 Å².